The lowest BCUT2D eigenvalue weighted by Gasteiger charge is -2.41. The lowest BCUT2D eigenvalue weighted by Crippen LogP contribution is -2.47. The third-order valence-corrected chi connectivity index (χ3v) is 7.46. The van der Waals surface area contributed by atoms with Crippen LogP contribution in [0.4, 0.5) is 0 Å². The normalized spacial score (nSPS) is 20.0. The number of carbonyl (C=O) groups excluding carboxylic acids is 1. The molecule has 0 aliphatic carbocycles. The summed E-state index contributed by atoms with van der Waals surface area (Å²) in [6.07, 6.45) is 1.90. The highest BCUT2D eigenvalue weighted by Gasteiger charge is 2.35. The molecule has 0 saturated carbocycles. The van der Waals surface area contributed by atoms with Gasteiger partial charge in [0.15, 0.2) is 0 Å². The van der Waals surface area contributed by atoms with Crippen molar-refractivity contribution >= 4 is 15.9 Å². The van der Waals surface area contributed by atoms with Crippen LogP contribution in [-0.4, -0.2) is 57.8 Å². The smallest absolute Gasteiger partial charge is 0.253 e. The van der Waals surface area contributed by atoms with Crippen LogP contribution in [0, 0.1) is 0 Å². The summed E-state index contributed by atoms with van der Waals surface area (Å²) in [4.78, 5) is 15.1. The number of nitrogens with zero attached hydrogens (tertiary/aromatic N) is 2. The van der Waals surface area contributed by atoms with Gasteiger partial charge in [0.25, 0.3) is 5.91 Å². The predicted octanol–water partition coefficient (Wildman–Crippen LogP) is 3.14. The van der Waals surface area contributed by atoms with Crippen LogP contribution in [0.3, 0.4) is 0 Å². The maximum atomic E-state index is 13.2. The Morgan fingerprint density at radius 2 is 1.83 bits per heavy atom. The maximum absolute atomic E-state index is 13.2. The van der Waals surface area contributed by atoms with E-state index in [0.717, 1.165) is 17.1 Å². The molecule has 2 aromatic rings. The van der Waals surface area contributed by atoms with Gasteiger partial charge in [0.1, 0.15) is 10.6 Å². The van der Waals surface area contributed by atoms with E-state index >= 15 is 0 Å². The first-order valence-electron chi connectivity index (χ1n) is 9.64. The molecule has 1 unspecified atom stereocenters. The molecule has 0 N–H and O–H groups in total. The minimum absolute atomic E-state index is 0.00122. The zero-order chi connectivity index (χ0) is 21.2. The van der Waals surface area contributed by atoms with Gasteiger partial charge in [-0.25, -0.2) is 12.7 Å². The summed E-state index contributed by atoms with van der Waals surface area (Å²) in [5, 5.41) is 0. The number of sulfonamides is 1. The molecular formula is C22H28N2O4S. The van der Waals surface area contributed by atoms with Gasteiger partial charge < -0.3 is 9.64 Å². The Labute approximate surface area is 173 Å². The fourth-order valence-electron chi connectivity index (χ4n) is 3.88. The number of benzene rings is 2. The summed E-state index contributed by atoms with van der Waals surface area (Å²) in [7, 11) is 0.599. The van der Waals surface area contributed by atoms with E-state index in [1.54, 1.807) is 12.1 Å². The number of likely N-dealkylation sites (tertiary alicyclic amines) is 1. The molecule has 1 fully saturated rings. The number of hydrogen-bond donors (Lipinski definition) is 0. The molecule has 156 valence electrons. The SMILES string of the molecule is COc1ccc(C(=O)N2CCCC(C)(c3ccccc3)C2)cc1S(=O)(=O)N(C)C. The molecule has 6 nitrogen and oxygen atoms in total. The number of hydrogen-bond acceptors (Lipinski definition) is 4. The zero-order valence-electron chi connectivity index (χ0n) is 17.4. The van der Waals surface area contributed by atoms with Crippen LogP contribution in [0.15, 0.2) is 53.4 Å². The molecule has 0 bridgehead atoms. The van der Waals surface area contributed by atoms with Crippen molar-refractivity contribution in [3.05, 3.63) is 59.7 Å². The molecule has 1 heterocycles. The highest BCUT2D eigenvalue weighted by molar-refractivity contribution is 7.89. The lowest BCUT2D eigenvalue weighted by atomic mass is 9.76. The van der Waals surface area contributed by atoms with Crippen molar-refractivity contribution in [3.63, 3.8) is 0 Å². The Bertz CT molecular complexity index is 989. The fourth-order valence-corrected chi connectivity index (χ4v) is 4.95. The Morgan fingerprint density at radius 3 is 2.45 bits per heavy atom. The number of carbonyl (C=O) groups is 1. The highest BCUT2D eigenvalue weighted by Crippen LogP contribution is 2.35. The molecule has 3 rings (SSSR count). The summed E-state index contributed by atoms with van der Waals surface area (Å²) < 4.78 is 31.7. The highest BCUT2D eigenvalue weighted by atomic mass is 32.2. The second kappa shape index (κ2) is 8.16. The molecule has 2 aromatic carbocycles. The van der Waals surface area contributed by atoms with Gasteiger partial charge in [-0.2, -0.15) is 0 Å². The van der Waals surface area contributed by atoms with Gasteiger partial charge in [-0.05, 0) is 36.6 Å². The molecule has 1 saturated heterocycles. The summed E-state index contributed by atoms with van der Waals surface area (Å²) in [5.74, 6) is 0.0627. The quantitative estimate of drug-likeness (QED) is 0.751. The van der Waals surface area contributed by atoms with E-state index in [9.17, 15) is 13.2 Å². The number of rotatable bonds is 5. The van der Waals surface area contributed by atoms with Crippen molar-refractivity contribution < 1.29 is 17.9 Å². The van der Waals surface area contributed by atoms with Gasteiger partial charge in [-0.1, -0.05) is 37.3 Å². The van der Waals surface area contributed by atoms with Gasteiger partial charge in [-0.15, -0.1) is 0 Å². The van der Waals surface area contributed by atoms with E-state index in [0.29, 0.717) is 18.7 Å². The topological polar surface area (TPSA) is 66.9 Å². The van der Waals surface area contributed by atoms with Crippen molar-refractivity contribution in [2.45, 2.75) is 30.1 Å². The van der Waals surface area contributed by atoms with Gasteiger partial charge in [0.2, 0.25) is 10.0 Å². The average molecular weight is 417 g/mol. The van der Waals surface area contributed by atoms with E-state index in [1.807, 2.05) is 23.1 Å². The molecule has 1 atom stereocenters. The van der Waals surface area contributed by atoms with Gasteiger partial charge in [0, 0.05) is 38.2 Å². The molecular weight excluding hydrogens is 388 g/mol. The van der Waals surface area contributed by atoms with E-state index in [-0.39, 0.29) is 22.0 Å². The summed E-state index contributed by atoms with van der Waals surface area (Å²) >= 11 is 0. The third-order valence-electron chi connectivity index (χ3n) is 5.62. The minimum Gasteiger partial charge on any atom is -0.495 e. The fraction of sp³-hybridized carbons (Fsp3) is 0.409. The molecule has 1 amide bonds. The molecule has 0 spiro atoms. The molecule has 7 heteroatoms. The van der Waals surface area contributed by atoms with Crippen LogP contribution in [0.2, 0.25) is 0 Å². The van der Waals surface area contributed by atoms with Crippen molar-refractivity contribution in [2.24, 2.45) is 0 Å². The van der Waals surface area contributed by atoms with Crippen LogP contribution in [0.25, 0.3) is 0 Å². The largest absolute Gasteiger partial charge is 0.495 e. The van der Waals surface area contributed by atoms with Crippen LogP contribution in [0.5, 0.6) is 5.75 Å². The first-order chi connectivity index (χ1) is 13.7. The molecule has 1 aliphatic heterocycles. The van der Waals surface area contributed by atoms with Crippen molar-refractivity contribution in [3.8, 4) is 5.75 Å². The van der Waals surface area contributed by atoms with E-state index in [1.165, 1.54) is 32.8 Å². The molecule has 1 aliphatic rings. The van der Waals surface area contributed by atoms with Crippen LogP contribution >= 0.6 is 0 Å². The molecule has 29 heavy (non-hydrogen) atoms. The lowest BCUT2D eigenvalue weighted by molar-refractivity contribution is 0.0650. The zero-order valence-corrected chi connectivity index (χ0v) is 18.2. The van der Waals surface area contributed by atoms with Crippen LogP contribution in [0.1, 0.15) is 35.7 Å². The first-order valence-corrected chi connectivity index (χ1v) is 11.1. The van der Waals surface area contributed by atoms with Crippen molar-refractivity contribution in [1.29, 1.82) is 0 Å². The standard InChI is InChI=1S/C22H28N2O4S/c1-22(18-9-6-5-7-10-18)13-8-14-24(16-22)21(25)17-11-12-19(28-4)20(15-17)29(26,27)23(2)3/h5-7,9-12,15H,8,13-14,16H2,1-4H3. The van der Waals surface area contributed by atoms with E-state index < -0.39 is 10.0 Å². The number of piperidine rings is 1. The van der Waals surface area contributed by atoms with E-state index in [2.05, 4.69) is 19.1 Å². The predicted molar refractivity (Wildman–Crippen MR) is 113 cm³/mol. The maximum Gasteiger partial charge on any atom is 0.253 e. The van der Waals surface area contributed by atoms with E-state index in [4.69, 9.17) is 4.74 Å². The second-order valence-electron chi connectivity index (χ2n) is 7.91. The number of methoxy groups -OCH3 is 1. The van der Waals surface area contributed by atoms with Gasteiger partial charge in [0.05, 0.1) is 7.11 Å². The first kappa shape index (κ1) is 21.3. The second-order valence-corrected chi connectivity index (χ2v) is 10.0. The van der Waals surface area contributed by atoms with Gasteiger partial charge in [-0.3, -0.25) is 4.79 Å². The third kappa shape index (κ3) is 4.16. The number of amides is 1. The average Bonchev–Trinajstić information content (AvgIpc) is 2.73. The monoisotopic (exact) mass is 416 g/mol. The summed E-state index contributed by atoms with van der Waals surface area (Å²) in [6.45, 7) is 3.43. The Balaban J connectivity index is 1.92. The minimum atomic E-state index is -3.73. The molecule has 0 radical (unpaired) electrons. The number of ether oxygens (including phenoxy) is 1. The Morgan fingerprint density at radius 1 is 1.14 bits per heavy atom. The summed E-state index contributed by atoms with van der Waals surface area (Å²) in [5.41, 5.74) is 1.44. The summed E-state index contributed by atoms with van der Waals surface area (Å²) in [6, 6.07) is 14.8. The molecule has 0 aromatic heterocycles. The van der Waals surface area contributed by atoms with Gasteiger partial charge >= 0.3 is 0 Å². The Kier molecular flexibility index (Phi) is 6.00. The Hall–Kier alpha value is -2.38. The van der Waals surface area contributed by atoms with Crippen molar-refractivity contribution in [2.75, 3.05) is 34.3 Å². The van der Waals surface area contributed by atoms with Crippen LogP contribution < -0.4 is 4.74 Å². The van der Waals surface area contributed by atoms with Crippen LogP contribution in [-0.2, 0) is 15.4 Å². The van der Waals surface area contributed by atoms with Crippen molar-refractivity contribution in [1.82, 2.24) is 9.21 Å².